The number of carbonyl (C=O) groups excluding carboxylic acids is 1. The molecule has 0 saturated heterocycles. The van der Waals surface area contributed by atoms with Gasteiger partial charge in [-0.05, 0) is 36.4 Å². The molecule has 0 aliphatic carbocycles. The molecular formula is C15H16N2O4. The van der Waals surface area contributed by atoms with Crippen molar-refractivity contribution in [3.05, 3.63) is 53.5 Å². The highest BCUT2D eigenvalue weighted by Gasteiger charge is 2.10. The number of anilines is 1. The van der Waals surface area contributed by atoms with Gasteiger partial charge < -0.3 is 19.7 Å². The predicted molar refractivity (Wildman–Crippen MR) is 77.6 cm³/mol. The third-order valence-electron chi connectivity index (χ3n) is 2.94. The minimum Gasteiger partial charge on any atom is -0.475 e. The molecule has 1 heterocycles. The van der Waals surface area contributed by atoms with Crippen molar-refractivity contribution in [3.63, 3.8) is 0 Å². The van der Waals surface area contributed by atoms with Gasteiger partial charge in [-0.2, -0.15) is 0 Å². The van der Waals surface area contributed by atoms with E-state index >= 15 is 0 Å². The van der Waals surface area contributed by atoms with Crippen LogP contribution in [0.25, 0.3) is 0 Å². The summed E-state index contributed by atoms with van der Waals surface area (Å²) in [4.78, 5) is 24.6. The number of amides is 1. The summed E-state index contributed by atoms with van der Waals surface area (Å²) in [5.41, 5.74) is 1.54. The average Bonchev–Trinajstić information content (AvgIpc) is 2.94. The summed E-state index contributed by atoms with van der Waals surface area (Å²) in [6.07, 6.45) is 0. The van der Waals surface area contributed by atoms with Gasteiger partial charge in [0.2, 0.25) is 5.76 Å². The van der Waals surface area contributed by atoms with Crippen LogP contribution in [0.1, 0.15) is 26.7 Å². The first-order valence-corrected chi connectivity index (χ1v) is 6.35. The summed E-state index contributed by atoms with van der Waals surface area (Å²) in [7, 11) is 3.85. The fraction of sp³-hybridized carbons (Fsp3) is 0.200. The highest BCUT2D eigenvalue weighted by atomic mass is 16.4. The SMILES string of the molecule is CN(C)c1ccc(C(=O)NCc2ccc(C(=O)O)o2)cc1. The zero-order valence-electron chi connectivity index (χ0n) is 11.8. The Labute approximate surface area is 122 Å². The fourth-order valence-corrected chi connectivity index (χ4v) is 1.77. The summed E-state index contributed by atoms with van der Waals surface area (Å²) in [6.45, 7) is 0.140. The number of nitrogens with one attached hydrogen (secondary N) is 1. The van der Waals surface area contributed by atoms with E-state index < -0.39 is 5.97 Å². The Morgan fingerprint density at radius 2 is 1.81 bits per heavy atom. The summed E-state index contributed by atoms with van der Waals surface area (Å²) in [5, 5.41) is 11.4. The van der Waals surface area contributed by atoms with Crippen molar-refractivity contribution in [2.75, 3.05) is 19.0 Å². The van der Waals surface area contributed by atoms with Gasteiger partial charge in [-0.1, -0.05) is 0 Å². The van der Waals surface area contributed by atoms with Crippen LogP contribution in [0.15, 0.2) is 40.8 Å². The minimum absolute atomic E-state index is 0.140. The van der Waals surface area contributed by atoms with E-state index in [0.29, 0.717) is 11.3 Å². The van der Waals surface area contributed by atoms with Crippen LogP contribution in [0.3, 0.4) is 0 Å². The third-order valence-corrected chi connectivity index (χ3v) is 2.94. The molecule has 0 radical (unpaired) electrons. The molecule has 1 aromatic carbocycles. The van der Waals surface area contributed by atoms with Crippen molar-refractivity contribution in [1.82, 2.24) is 5.32 Å². The second-order valence-electron chi connectivity index (χ2n) is 4.70. The van der Waals surface area contributed by atoms with Gasteiger partial charge >= 0.3 is 5.97 Å². The van der Waals surface area contributed by atoms with Crippen LogP contribution in [0.2, 0.25) is 0 Å². The molecule has 2 N–H and O–H groups in total. The van der Waals surface area contributed by atoms with Gasteiger partial charge in [-0.3, -0.25) is 4.79 Å². The number of hydrogen-bond donors (Lipinski definition) is 2. The second-order valence-corrected chi connectivity index (χ2v) is 4.70. The molecule has 0 fully saturated rings. The molecule has 6 nitrogen and oxygen atoms in total. The molecule has 2 rings (SSSR count). The maximum Gasteiger partial charge on any atom is 0.371 e. The van der Waals surface area contributed by atoms with Gasteiger partial charge in [0.15, 0.2) is 0 Å². The topological polar surface area (TPSA) is 82.8 Å². The van der Waals surface area contributed by atoms with E-state index in [0.717, 1.165) is 5.69 Å². The molecule has 1 aromatic heterocycles. The van der Waals surface area contributed by atoms with Crippen molar-refractivity contribution in [1.29, 1.82) is 0 Å². The first-order valence-electron chi connectivity index (χ1n) is 6.35. The zero-order chi connectivity index (χ0) is 15.4. The van der Waals surface area contributed by atoms with Gasteiger partial charge in [0.05, 0.1) is 6.54 Å². The van der Waals surface area contributed by atoms with Crippen molar-refractivity contribution in [2.24, 2.45) is 0 Å². The quantitative estimate of drug-likeness (QED) is 0.879. The molecular weight excluding hydrogens is 272 g/mol. The molecule has 0 saturated carbocycles. The number of aromatic carboxylic acids is 1. The van der Waals surface area contributed by atoms with Crippen molar-refractivity contribution in [3.8, 4) is 0 Å². The van der Waals surface area contributed by atoms with Crippen LogP contribution < -0.4 is 10.2 Å². The number of carboxylic acids is 1. The largest absolute Gasteiger partial charge is 0.475 e. The van der Waals surface area contributed by atoms with E-state index in [2.05, 4.69) is 5.32 Å². The molecule has 6 heteroatoms. The average molecular weight is 288 g/mol. The van der Waals surface area contributed by atoms with Crippen molar-refractivity contribution < 1.29 is 19.1 Å². The van der Waals surface area contributed by atoms with Gasteiger partial charge in [0.1, 0.15) is 5.76 Å². The van der Waals surface area contributed by atoms with E-state index in [9.17, 15) is 9.59 Å². The lowest BCUT2D eigenvalue weighted by molar-refractivity contribution is 0.0660. The van der Waals surface area contributed by atoms with Crippen LogP contribution in [0.5, 0.6) is 0 Å². The molecule has 0 aliphatic heterocycles. The number of benzene rings is 1. The van der Waals surface area contributed by atoms with Crippen LogP contribution in [-0.2, 0) is 6.54 Å². The van der Waals surface area contributed by atoms with Gasteiger partial charge in [0.25, 0.3) is 5.91 Å². The van der Waals surface area contributed by atoms with Gasteiger partial charge in [0, 0.05) is 25.3 Å². The number of carbonyl (C=O) groups is 2. The highest BCUT2D eigenvalue weighted by Crippen LogP contribution is 2.12. The highest BCUT2D eigenvalue weighted by molar-refractivity contribution is 5.94. The fourth-order valence-electron chi connectivity index (χ4n) is 1.77. The van der Waals surface area contributed by atoms with Gasteiger partial charge in [-0.25, -0.2) is 4.79 Å². The lowest BCUT2D eigenvalue weighted by atomic mass is 10.2. The van der Waals surface area contributed by atoms with E-state index in [1.54, 1.807) is 12.1 Å². The van der Waals surface area contributed by atoms with E-state index in [1.165, 1.54) is 12.1 Å². The van der Waals surface area contributed by atoms with Crippen molar-refractivity contribution in [2.45, 2.75) is 6.54 Å². The summed E-state index contributed by atoms with van der Waals surface area (Å²) < 4.78 is 5.06. The Bertz CT molecular complexity index is 644. The van der Waals surface area contributed by atoms with Crippen LogP contribution in [0.4, 0.5) is 5.69 Å². The third kappa shape index (κ3) is 3.62. The molecule has 0 spiro atoms. The molecule has 0 atom stereocenters. The lowest BCUT2D eigenvalue weighted by Crippen LogP contribution is -2.22. The van der Waals surface area contributed by atoms with Crippen LogP contribution >= 0.6 is 0 Å². The Morgan fingerprint density at radius 3 is 2.33 bits per heavy atom. The summed E-state index contributed by atoms with van der Waals surface area (Å²) in [5.74, 6) is -1.12. The van der Waals surface area contributed by atoms with E-state index in [-0.39, 0.29) is 18.2 Å². The number of nitrogens with zero attached hydrogens (tertiary/aromatic N) is 1. The van der Waals surface area contributed by atoms with Crippen molar-refractivity contribution >= 4 is 17.6 Å². The number of carboxylic acid groups (broad SMARTS) is 1. The molecule has 21 heavy (non-hydrogen) atoms. The molecule has 1 amide bonds. The monoisotopic (exact) mass is 288 g/mol. The normalized spacial score (nSPS) is 10.2. The van der Waals surface area contributed by atoms with E-state index in [1.807, 2.05) is 31.1 Å². The Morgan fingerprint density at radius 1 is 1.14 bits per heavy atom. The smallest absolute Gasteiger partial charge is 0.371 e. The Balaban J connectivity index is 1.96. The zero-order valence-corrected chi connectivity index (χ0v) is 11.8. The molecule has 2 aromatic rings. The van der Waals surface area contributed by atoms with Gasteiger partial charge in [-0.15, -0.1) is 0 Å². The summed E-state index contributed by atoms with van der Waals surface area (Å²) >= 11 is 0. The van der Waals surface area contributed by atoms with E-state index in [4.69, 9.17) is 9.52 Å². The Kier molecular flexibility index (Phi) is 4.27. The molecule has 110 valence electrons. The maximum atomic E-state index is 12.0. The standard InChI is InChI=1S/C15H16N2O4/c1-17(2)11-5-3-10(4-6-11)14(18)16-9-12-7-8-13(21-12)15(19)20/h3-8H,9H2,1-2H3,(H,16,18)(H,19,20). The Hall–Kier alpha value is -2.76. The lowest BCUT2D eigenvalue weighted by Gasteiger charge is -2.12. The first kappa shape index (κ1) is 14.6. The van der Waals surface area contributed by atoms with Crippen LogP contribution in [0, 0.1) is 0 Å². The molecule has 0 bridgehead atoms. The molecule has 0 unspecified atom stereocenters. The predicted octanol–water partition coefficient (Wildman–Crippen LogP) is 1.97. The number of hydrogen-bond acceptors (Lipinski definition) is 4. The number of furan rings is 1. The second kappa shape index (κ2) is 6.13. The minimum atomic E-state index is -1.13. The summed E-state index contributed by atoms with van der Waals surface area (Å²) in [6, 6.07) is 10.0. The maximum absolute atomic E-state index is 12.0. The first-order chi connectivity index (χ1) is 9.97. The number of rotatable bonds is 5. The van der Waals surface area contributed by atoms with Crippen LogP contribution in [-0.4, -0.2) is 31.1 Å². The molecule has 0 aliphatic rings.